The maximum Gasteiger partial charge on any atom is 0.241 e. The summed E-state index contributed by atoms with van der Waals surface area (Å²) in [5.74, 6) is -0.182. The molecule has 0 heterocycles. The highest BCUT2D eigenvalue weighted by molar-refractivity contribution is 5.81. The fraction of sp³-hybridized carbons (Fsp3) is 0.875. The Morgan fingerprint density at radius 2 is 2.31 bits per heavy atom. The van der Waals surface area contributed by atoms with Crippen LogP contribution in [0.1, 0.15) is 6.92 Å². The van der Waals surface area contributed by atoms with Crippen molar-refractivity contribution in [1.29, 1.82) is 0 Å². The van der Waals surface area contributed by atoms with E-state index in [4.69, 9.17) is 15.6 Å². The molecule has 0 bridgehead atoms. The Morgan fingerprint density at radius 1 is 1.69 bits per heavy atom. The number of nitrogens with two attached hydrogens (primary N) is 1. The van der Waals surface area contributed by atoms with E-state index in [1.807, 2.05) is 6.92 Å². The summed E-state index contributed by atoms with van der Waals surface area (Å²) in [7, 11) is 1.50. The van der Waals surface area contributed by atoms with Gasteiger partial charge in [-0.15, -0.1) is 0 Å². The van der Waals surface area contributed by atoms with Crippen molar-refractivity contribution < 1.29 is 14.6 Å². The number of aliphatic hydroxyl groups is 1. The number of rotatable bonds is 6. The summed E-state index contributed by atoms with van der Waals surface area (Å²) in [6.45, 7) is 2.89. The van der Waals surface area contributed by atoms with Gasteiger partial charge in [0.15, 0.2) is 0 Å². The van der Waals surface area contributed by atoms with Gasteiger partial charge < -0.3 is 20.5 Å². The standard InChI is InChI=1S/C8H18N2O3/c1-3-10(4-5-11)8(12)7(9)6-13-2/h7,11H,3-6,9H2,1-2H3. The molecule has 0 spiro atoms. The minimum absolute atomic E-state index is 0.0424. The summed E-state index contributed by atoms with van der Waals surface area (Å²) >= 11 is 0. The summed E-state index contributed by atoms with van der Waals surface area (Å²) in [6.07, 6.45) is 0. The number of aliphatic hydroxyl groups excluding tert-OH is 1. The normalized spacial score (nSPS) is 12.6. The van der Waals surface area contributed by atoms with Crippen LogP contribution in [0.4, 0.5) is 0 Å². The van der Waals surface area contributed by atoms with Gasteiger partial charge in [0.25, 0.3) is 0 Å². The van der Waals surface area contributed by atoms with E-state index in [1.54, 1.807) is 0 Å². The minimum Gasteiger partial charge on any atom is -0.395 e. The number of nitrogens with zero attached hydrogens (tertiary/aromatic N) is 1. The second-order valence-corrected chi connectivity index (χ2v) is 2.70. The van der Waals surface area contributed by atoms with E-state index in [2.05, 4.69) is 0 Å². The molecule has 78 valence electrons. The summed E-state index contributed by atoms with van der Waals surface area (Å²) in [6, 6.07) is -0.628. The Morgan fingerprint density at radius 3 is 2.69 bits per heavy atom. The van der Waals surface area contributed by atoms with Gasteiger partial charge >= 0.3 is 0 Å². The Kier molecular flexibility index (Phi) is 6.48. The van der Waals surface area contributed by atoms with Gasteiger partial charge in [-0.3, -0.25) is 4.79 Å². The van der Waals surface area contributed by atoms with Crippen LogP contribution in [0, 0.1) is 0 Å². The van der Waals surface area contributed by atoms with Crippen LogP contribution >= 0.6 is 0 Å². The first-order valence-electron chi connectivity index (χ1n) is 4.31. The average Bonchev–Trinajstić information content (AvgIpc) is 2.13. The smallest absolute Gasteiger partial charge is 0.241 e. The van der Waals surface area contributed by atoms with Crippen LogP contribution in [0.2, 0.25) is 0 Å². The van der Waals surface area contributed by atoms with Crippen molar-refractivity contribution in [2.75, 3.05) is 33.4 Å². The lowest BCUT2D eigenvalue weighted by molar-refractivity contribution is -0.134. The Hall–Kier alpha value is -0.650. The van der Waals surface area contributed by atoms with Gasteiger partial charge in [-0.1, -0.05) is 0 Å². The molecule has 0 saturated heterocycles. The number of methoxy groups -OCH3 is 1. The van der Waals surface area contributed by atoms with Gasteiger partial charge in [0.2, 0.25) is 5.91 Å². The molecule has 0 saturated carbocycles. The number of ether oxygens (including phenoxy) is 1. The van der Waals surface area contributed by atoms with Crippen molar-refractivity contribution in [3.8, 4) is 0 Å². The van der Waals surface area contributed by atoms with Crippen LogP contribution in [0.5, 0.6) is 0 Å². The lowest BCUT2D eigenvalue weighted by Crippen LogP contribution is -2.46. The topological polar surface area (TPSA) is 75.8 Å². The third-order valence-electron chi connectivity index (χ3n) is 1.73. The molecule has 1 unspecified atom stereocenters. The van der Waals surface area contributed by atoms with E-state index < -0.39 is 6.04 Å². The zero-order chi connectivity index (χ0) is 10.3. The SMILES string of the molecule is CCN(CCO)C(=O)C(N)COC. The Labute approximate surface area is 78.5 Å². The van der Waals surface area contributed by atoms with E-state index in [0.717, 1.165) is 0 Å². The summed E-state index contributed by atoms with van der Waals surface area (Å²) < 4.78 is 4.76. The number of likely N-dealkylation sites (N-methyl/N-ethyl adjacent to an activating group) is 1. The molecular weight excluding hydrogens is 172 g/mol. The summed E-state index contributed by atoms with van der Waals surface area (Å²) in [5.41, 5.74) is 5.54. The molecule has 5 nitrogen and oxygen atoms in total. The van der Waals surface area contributed by atoms with Crippen molar-refractivity contribution in [2.24, 2.45) is 5.73 Å². The highest BCUT2D eigenvalue weighted by atomic mass is 16.5. The molecule has 13 heavy (non-hydrogen) atoms. The van der Waals surface area contributed by atoms with Crippen molar-refractivity contribution in [3.05, 3.63) is 0 Å². The van der Waals surface area contributed by atoms with Crippen LogP contribution in [0.15, 0.2) is 0 Å². The van der Waals surface area contributed by atoms with Gasteiger partial charge in [-0.05, 0) is 6.92 Å². The van der Waals surface area contributed by atoms with Gasteiger partial charge in [-0.2, -0.15) is 0 Å². The largest absolute Gasteiger partial charge is 0.395 e. The molecule has 0 aromatic heterocycles. The first-order valence-corrected chi connectivity index (χ1v) is 4.31. The maximum atomic E-state index is 11.5. The summed E-state index contributed by atoms with van der Waals surface area (Å²) in [5, 5.41) is 8.66. The second kappa shape index (κ2) is 6.82. The zero-order valence-corrected chi connectivity index (χ0v) is 8.19. The predicted molar refractivity (Wildman–Crippen MR) is 49.2 cm³/mol. The monoisotopic (exact) mass is 190 g/mol. The first kappa shape index (κ1) is 12.3. The fourth-order valence-corrected chi connectivity index (χ4v) is 1.03. The molecule has 5 heteroatoms. The molecule has 0 aliphatic heterocycles. The molecule has 0 aromatic rings. The number of carbonyl (C=O) groups excluding carboxylic acids is 1. The average molecular weight is 190 g/mol. The molecule has 0 aromatic carbocycles. The van der Waals surface area contributed by atoms with Crippen molar-refractivity contribution in [3.63, 3.8) is 0 Å². The number of hydrogen-bond donors (Lipinski definition) is 2. The first-order chi connectivity index (χ1) is 6.17. The van der Waals surface area contributed by atoms with Crippen molar-refractivity contribution in [1.82, 2.24) is 4.90 Å². The maximum absolute atomic E-state index is 11.5. The second-order valence-electron chi connectivity index (χ2n) is 2.70. The third-order valence-corrected chi connectivity index (χ3v) is 1.73. The van der Waals surface area contributed by atoms with E-state index in [0.29, 0.717) is 13.1 Å². The Bertz CT molecular complexity index is 152. The molecule has 0 fully saturated rings. The van der Waals surface area contributed by atoms with Gasteiger partial charge in [0, 0.05) is 20.2 Å². The predicted octanol–water partition coefficient (Wildman–Crippen LogP) is -1.20. The minimum atomic E-state index is -0.628. The van der Waals surface area contributed by atoms with E-state index in [9.17, 15) is 4.79 Å². The molecule has 3 N–H and O–H groups in total. The van der Waals surface area contributed by atoms with Crippen LogP contribution in [-0.2, 0) is 9.53 Å². The molecule has 1 amide bonds. The van der Waals surface area contributed by atoms with Crippen molar-refractivity contribution in [2.45, 2.75) is 13.0 Å². The third kappa shape index (κ3) is 4.21. The molecule has 0 aliphatic carbocycles. The van der Waals surface area contributed by atoms with Gasteiger partial charge in [0.05, 0.1) is 13.2 Å². The van der Waals surface area contributed by atoms with Crippen LogP contribution in [0.25, 0.3) is 0 Å². The van der Waals surface area contributed by atoms with E-state index >= 15 is 0 Å². The van der Waals surface area contributed by atoms with Gasteiger partial charge in [-0.25, -0.2) is 0 Å². The number of carbonyl (C=O) groups is 1. The quantitative estimate of drug-likeness (QED) is 0.551. The lowest BCUT2D eigenvalue weighted by Gasteiger charge is -2.22. The van der Waals surface area contributed by atoms with Gasteiger partial charge in [0.1, 0.15) is 6.04 Å². The van der Waals surface area contributed by atoms with Crippen LogP contribution < -0.4 is 5.73 Å². The highest BCUT2D eigenvalue weighted by Crippen LogP contribution is 1.93. The van der Waals surface area contributed by atoms with E-state index in [1.165, 1.54) is 12.0 Å². The van der Waals surface area contributed by atoms with Crippen LogP contribution in [0.3, 0.4) is 0 Å². The lowest BCUT2D eigenvalue weighted by atomic mass is 10.3. The fourth-order valence-electron chi connectivity index (χ4n) is 1.03. The Balaban J connectivity index is 4.02. The van der Waals surface area contributed by atoms with Crippen molar-refractivity contribution >= 4 is 5.91 Å². The molecule has 0 radical (unpaired) electrons. The number of amides is 1. The molecule has 0 rings (SSSR count). The van der Waals surface area contributed by atoms with E-state index in [-0.39, 0.29) is 19.1 Å². The zero-order valence-electron chi connectivity index (χ0n) is 8.19. The highest BCUT2D eigenvalue weighted by Gasteiger charge is 2.18. The number of hydrogen-bond acceptors (Lipinski definition) is 4. The molecule has 1 atom stereocenters. The molecular formula is C8H18N2O3. The van der Waals surface area contributed by atoms with Crippen LogP contribution in [-0.4, -0.2) is 55.4 Å². The molecule has 0 aliphatic rings. The summed E-state index contributed by atoms with van der Waals surface area (Å²) in [4.78, 5) is 13.0.